The Balaban J connectivity index is 1.62. The van der Waals surface area contributed by atoms with Crippen LogP contribution in [0.2, 0.25) is 0 Å². The van der Waals surface area contributed by atoms with Crippen LogP contribution in [0.15, 0.2) is 42.5 Å². The maximum atomic E-state index is 13.1. The number of aryl methyl sites for hydroxylation is 1. The average Bonchev–Trinajstić information content (AvgIpc) is 2.82. The predicted octanol–water partition coefficient (Wildman–Crippen LogP) is 4.36. The molecule has 31 heavy (non-hydrogen) atoms. The summed E-state index contributed by atoms with van der Waals surface area (Å²) in [5, 5.41) is 8.92. The summed E-state index contributed by atoms with van der Waals surface area (Å²) in [5.41, 5.74) is 1.73. The third kappa shape index (κ3) is 5.69. The SMILES string of the molecule is COc1ccc(CCC2CCCCN2C(=O)C(C)Oc2ccc(C#N)cc2)cc1OC. The Labute approximate surface area is 184 Å². The Morgan fingerprint density at radius 3 is 2.55 bits per heavy atom. The molecular weight excluding hydrogens is 392 g/mol. The zero-order valence-corrected chi connectivity index (χ0v) is 18.5. The molecule has 2 aromatic carbocycles. The van der Waals surface area contributed by atoms with Gasteiger partial charge < -0.3 is 19.1 Å². The van der Waals surface area contributed by atoms with Crippen molar-refractivity contribution in [1.29, 1.82) is 5.26 Å². The van der Waals surface area contributed by atoms with Gasteiger partial charge in [-0.05, 0) is 81.0 Å². The van der Waals surface area contributed by atoms with E-state index in [0.717, 1.165) is 55.7 Å². The number of piperidine rings is 1. The first-order chi connectivity index (χ1) is 15.0. The van der Waals surface area contributed by atoms with Gasteiger partial charge in [0.15, 0.2) is 17.6 Å². The summed E-state index contributed by atoms with van der Waals surface area (Å²) in [6, 6.07) is 15.1. The second-order valence-electron chi connectivity index (χ2n) is 7.81. The lowest BCUT2D eigenvalue weighted by molar-refractivity contribution is -0.141. The molecule has 1 fully saturated rings. The highest BCUT2D eigenvalue weighted by Gasteiger charge is 2.30. The van der Waals surface area contributed by atoms with E-state index in [1.807, 2.05) is 23.1 Å². The number of rotatable bonds is 8. The van der Waals surface area contributed by atoms with Crippen LogP contribution in [0.1, 0.15) is 43.7 Å². The Morgan fingerprint density at radius 1 is 1.13 bits per heavy atom. The van der Waals surface area contributed by atoms with Crippen molar-refractivity contribution in [3.05, 3.63) is 53.6 Å². The van der Waals surface area contributed by atoms with Gasteiger partial charge in [-0.15, -0.1) is 0 Å². The van der Waals surface area contributed by atoms with E-state index in [1.54, 1.807) is 45.4 Å². The van der Waals surface area contributed by atoms with Crippen LogP contribution in [-0.4, -0.2) is 43.7 Å². The number of hydrogen-bond acceptors (Lipinski definition) is 5. The molecule has 1 heterocycles. The van der Waals surface area contributed by atoms with E-state index < -0.39 is 6.10 Å². The van der Waals surface area contributed by atoms with Crippen LogP contribution in [0.3, 0.4) is 0 Å². The third-order valence-electron chi connectivity index (χ3n) is 5.77. The lowest BCUT2D eigenvalue weighted by Crippen LogP contribution is -2.49. The van der Waals surface area contributed by atoms with Crippen LogP contribution in [0.5, 0.6) is 17.2 Å². The minimum Gasteiger partial charge on any atom is -0.493 e. The fourth-order valence-electron chi connectivity index (χ4n) is 4.06. The number of carbonyl (C=O) groups is 1. The Hall–Kier alpha value is -3.20. The summed E-state index contributed by atoms with van der Waals surface area (Å²) < 4.78 is 16.6. The normalized spacial score (nSPS) is 16.8. The van der Waals surface area contributed by atoms with Gasteiger partial charge in [0.1, 0.15) is 5.75 Å². The zero-order chi connectivity index (χ0) is 22.2. The van der Waals surface area contributed by atoms with Gasteiger partial charge in [0, 0.05) is 12.6 Å². The molecule has 0 aliphatic carbocycles. The molecule has 0 spiro atoms. The average molecular weight is 423 g/mol. The molecule has 1 saturated heterocycles. The molecule has 1 aliphatic rings. The lowest BCUT2D eigenvalue weighted by Gasteiger charge is -2.37. The highest BCUT2D eigenvalue weighted by atomic mass is 16.5. The number of hydrogen-bond donors (Lipinski definition) is 0. The van der Waals surface area contributed by atoms with Gasteiger partial charge in [0.25, 0.3) is 5.91 Å². The van der Waals surface area contributed by atoms with Crippen molar-refractivity contribution in [2.24, 2.45) is 0 Å². The van der Waals surface area contributed by atoms with E-state index >= 15 is 0 Å². The highest BCUT2D eigenvalue weighted by molar-refractivity contribution is 5.81. The van der Waals surface area contributed by atoms with Crippen LogP contribution in [-0.2, 0) is 11.2 Å². The molecule has 0 radical (unpaired) electrons. The van der Waals surface area contributed by atoms with Crippen molar-refractivity contribution in [3.8, 4) is 23.3 Å². The first kappa shape index (κ1) is 22.5. The first-order valence-corrected chi connectivity index (χ1v) is 10.7. The van der Waals surface area contributed by atoms with Crippen LogP contribution in [0, 0.1) is 11.3 Å². The highest BCUT2D eigenvalue weighted by Crippen LogP contribution is 2.29. The Kier molecular flexibility index (Phi) is 7.77. The number of amides is 1. The van der Waals surface area contributed by atoms with Gasteiger partial charge in [-0.2, -0.15) is 5.26 Å². The fraction of sp³-hybridized carbons (Fsp3) is 0.440. The quantitative estimate of drug-likeness (QED) is 0.632. The maximum absolute atomic E-state index is 13.1. The Bertz CT molecular complexity index is 920. The van der Waals surface area contributed by atoms with Gasteiger partial charge in [-0.3, -0.25) is 4.79 Å². The molecule has 2 unspecified atom stereocenters. The molecule has 2 aromatic rings. The summed E-state index contributed by atoms with van der Waals surface area (Å²) in [4.78, 5) is 15.1. The summed E-state index contributed by atoms with van der Waals surface area (Å²) in [6.45, 7) is 2.55. The van der Waals surface area contributed by atoms with Crippen molar-refractivity contribution < 1.29 is 19.0 Å². The molecule has 0 saturated carbocycles. The fourth-order valence-corrected chi connectivity index (χ4v) is 4.06. The van der Waals surface area contributed by atoms with Gasteiger partial charge in [-0.1, -0.05) is 6.07 Å². The van der Waals surface area contributed by atoms with Crippen molar-refractivity contribution in [1.82, 2.24) is 4.90 Å². The van der Waals surface area contributed by atoms with E-state index in [1.165, 1.54) is 0 Å². The maximum Gasteiger partial charge on any atom is 0.263 e. The van der Waals surface area contributed by atoms with E-state index in [0.29, 0.717) is 11.3 Å². The standard InChI is InChI=1S/C25H30N2O4/c1-18(31-22-12-8-20(17-26)9-13-22)25(28)27-15-5-4-6-21(27)11-7-19-10-14-23(29-2)24(16-19)30-3/h8-10,12-14,16,18,21H,4-7,11,15H2,1-3H3. The summed E-state index contributed by atoms with van der Waals surface area (Å²) in [7, 11) is 3.27. The number of nitrogens with zero attached hydrogens (tertiary/aromatic N) is 2. The monoisotopic (exact) mass is 422 g/mol. The number of likely N-dealkylation sites (tertiary alicyclic amines) is 1. The second kappa shape index (κ2) is 10.7. The summed E-state index contributed by atoms with van der Waals surface area (Å²) in [6.07, 6.45) is 4.33. The van der Waals surface area contributed by atoms with Crippen molar-refractivity contribution in [3.63, 3.8) is 0 Å². The van der Waals surface area contributed by atoms with Crippen molar-refractivity contribution >= 4 is 5.91 Å². The molecule has 164 valence electrons. The van der Waals surface area contributed by atoms with E-state index in [4.69, 9.17) is 19.5 Å². The number of benzene rings is 2. The summed E-state index contributed by atoms with van der Waals surface area (Å²) >= 11 is 0. The minimum absolute atomic E-state index is 0.0152. The molecule has 0 N–H and O–H groups in total. The van der Waals surface area contributed by atoms with Crippen LogP contribution in [0.4, 0.5) is 0 Å². The van der Waals surface area contributed by atoms with E-state index in [9.17, 15) is 4.79 Å². The second-order valence-corrected chi connectivity index (χ2v) is 7.81. The largest absolute Gasteiger partial charge is 0.493 e. The van der Waals surface area contributed by atoms with Crippen LogP contribution < -0.4 is 14.2 Å². The number of carbonyl (C=O) groups excluding carboxylic acids is 1. The Morgan fingerprint density at radius 2 is 1.87 bits per heavy atom. The predicted molar refractivity (Wildman–Crippen MR) is 118 cm³/mol. The lowest BCUT2D eigenvalue weighted by atomic mass is 9.95. The number of ether oxygens (including phenoxy) is 3. The first-order valence-electron chi connectivity index (χ1n) is 10.7. The summed E-state index contributed by atoms with van der Waals surface area (Å²) in [5.74, 6) is 2.05. The minimum atomic E-state index is -0.574. The third-order valence-corrected chi connectivity index (χ3v) is 5.77. The van der Waals surface area contributed by atoms with Gasteiger partial charge in [0.05, 0.1) is 25.9 Å². The molecule has 6 nitrogen and oxygen atoms in total. The molecule has 0 aromatic heterocycles. The van der Waals surface area contributed by atoms with Gasteiger partial charge >= 0.3 is 0 Å². The molecule has 2 atom stereocenters. The van der Waals surface area contributed by atoms with Crippen LogP contribution >= 0.6 is 0 Å². The number of methoxy groups -OCH3 is 2. The molecule has 0 bridgehead atoms. The van der Waals surface area contributed by atoms with Crippen molar-refractivity contribution in [2.45, 2.75) is 51.2 Å². The molecule has 1 aliphatic heterocycles. The van der Waals surface area contributed by atoms with Crippen molar-refractivity contribution in [2.75, 3.05) is 20.8 Å². The topological polar surface area (TPSA) is 71.8 Å². The van der Waals surface area contributed by atoms with Gasteiger partial charge in [0.2, 0.25) is 0 Å². The van der Waals surface area contributed by atoms with E-state index in [2.05, 4.69) is 6.07 Å². The number of nitriles is 1. The molecule has 3 rings (SSSR count). The molecule has 6 heteroatoms. The zero-order valence-electron chi connectivity index (χ0n) is 18.5. The molecular formula is C25H30N2O4. The smallest absolute Gasteiger partial charge is 0.263 e. The van der Waals surface area contributed by atoms with Gasteiger partial charge in [-0.25, -0.2) is 0 Å². The molecule has 1 amide bonds. The van der Waals surface area contributed by atoms with Crippen LogP contribution in [0.25, 0.3) is 0 Å². The van der Waals surface area contributed by atoms with E-state index in [-0.39, 0.29) is 11.9 Å².